The van der Waals surface area contributed by atoms with Crippen molar-refractivity contribution in [1.82, 2.24) is 15.1 Å². The zero-order valence-electron chi connectivity index (χ0n) is 16.7. The molecule has 3 unspecified atom stereocenters. The van der Waals surface area contributed by atoms with Gasteiger partial charge in [-0.15, -0.1) is 0 Å². The molecule has 2 N–H and O–H groups in total. The molecule has 1 saturated heterocycles. The lowest BCUT2D eigenvalue weighted by atomic mass is 10.1. The topological polar surface area (TPSA) is 88.9 Å². The molecule has 1 aliphatic heterocycles. The fourth-order valence-electron chi connectivity index (χ4n) is 3.27. The van der Waals surface area contributed by atoms with Crippen molar-refractivity contribution in [2.24, 2.45) is 0 Å². The Morgan fingerprint density at radius 3 is 2.77 bits per heavy atom. The van der Waals surface area contributed by atoms with Gasteiger partial charge in [0, 0.05) is 24.2 Å². The number of hydrogen-bond acceptors (Lipinski definition) is 6. The molecule has 0 saturated carbocycles. The van der Waals surface area contributed by atoms with Gasteiger partial charge in [-0.2, -0.15) is 9.78 Å². The molecular formula is C22H21ClFN3O4. The van der Waals surface area contributed by atoms with Crippen LogP contribution < -0.4 is 10.9 Å². The maximum Gasteiger partial charge on any atom is 0.277 e. The van der Waals surface area contributed by atoms with Crippen LogP contribution in [0.1, 0.15) is 11.7 Å². The molecule has 2 heterocycles. The fourth-order valence-corrected chi connectivity index (χ4v) is 3.40. The molecule has 0 spiro atoms. The van der Waals surface area contributed by atoms with E-state index in [1.807, 2.05) is 0 Å². The normalized spacial score (nSPS) is 18.7. The van der Waals surface area contributed by atoms with Crippen LogP contribution in [0.3, 0.4) is 0 Å². The molecule has 1 aliphatic rings. The van der Waals surface area contributed by atoms with Crippen molar-refractivity contribution >= 4 is 11.6 Å². The van der Waals surface area contributed by atoms with Gasteiger partial charge < -0.3 is 14.6 Å². The van der Waals surface area contributed by atoms with Gasteiger partial charge in [-0.25, -0.2) is 4.39 Å². The predicted octanol–water partition coefficient (Wildman–Crippen LogP) is 2.69. The number of ether oxygens (including phenoxy) is 2. The van der Waals surface area contributed by atoms with Crippen LogP contribution in [0.25, 0.3) is 16.9 Å². The average Bonchev–Trinajstić information content (AvgIpc) is 3.53. The van der Waals surface area contributed by atoms with Crippen LogP contribution in [-0.2, 0) is 9.47 Å². The van der Waals surface area contributed by atoms with Crippen LogP contribution in [-0.4, -0.2) is 47.5 Å². The molecule has 0 aliphatic carbocycles. The number of methoxy groups -OCH3 is 1. The predicted molar refractivity (Wildman–Crippen MR) is 114 cm³/mol. The molecule has 0 bridgehead atoms. The van der Waals surface area contributed by atoms with Gasteiger partial charge in [-0.1, -0.05) is 29.8 Å². The summed E-state index contributed by atoms with van der Waals surface area (Å²) in [6, 6.07) is 14.4. The number of benzene rings is 2. The van der Waals surface area contributed by atoms with Gasteiger partial charge in [0.05, 0.1) is 29.7 Å². The van der Waals surface area contributed by atoms with E-state index in [9.17, 15) is 14.3 Å². The lowest BCUT2D eigenvalue weighted by Crippen LogP contribution is -2.33. The van der Waals surface area contributed by atoms with Crippen molar-refractivity contribution in [3.8, 4) is 16.9 Å². The van der Waals surface area contributed by atoms with E-state index in [2.05, 4.69) is 10.4 Å². The molecule has 162 valence electrons. The summed E-state index contributed by atoms with van der Waals surface area (Å²) >= 11 is 5.99. The minimum absolute atomic E-state index is 0.187. The number of aromatic nitrogens is 2. The largest absolute Gasteiger partial charge is 0.389 e. The van der Waals surface area contributed by atoms with Crippen LogP contribution in [0.4, 0.5) is 4.39 Å². The average molecular weight is 446 g/mol. The van der Waals surface area contributed by atoms with Gasteiger partial charge in [0.25, 0.3) is 5.56 Å². The highest BCUT2D eigenvalue weighted by Crippen LogP contribution is 2.36. The maximum atomic E-state index is 13.8. The summed E-state index contributed by atoms with van der Waals surface area (Å²) in [4.78, 5) is 13.2. The van der Waals surface area contributed by atoms with Crippen LogP contribution in [0, 0.1) is 5.82 Å². The van der Waals surface area contributed by atoms with Crippen molar-refractivity contribution in [3.05, 3.63) is 81.4 Å². The minimum Gasteiger partial charge on any atom is -0.389 e. The van der Waals surface area contributed by atoms with Gasteiger partial charge in [0.2, 0.25) is 0 Å². The molecule has 9 heteroatoms. The molecule has 0 amide bonds. The van der Waals surface area contributed by atoms with Gasteiger partial charge in [-0.05, 0) is 36.4 Å². The maximum absolute atomic E-state index is 13.8. The van der Waals surface area contributed by atoms with Gasteiger partial charge in [0.15, 0.2) is 0 Å². The molecule has 1 aromatic heterocycles. The summed E-state index contributed by atoms with van der Waals surface area (Å²) in [5.74, 6) is -0.473. The molecule has 7 nitrogen and oxygen atoms in total. The third-order valence-electron chi connectivity index (χ3n) is 4.84. The second-order valence-electron chi connectivity index (χ2n) is 7.18. The van der Waals surface area contributed by atoms with E-state index < -0.39 is 29.8 Å². The first-order valence-corrected chi connectivity index (χ1v) is 10.1. The van der Waals surface area contributed by atoms with Gasteiger partial charge >= 0.3 is 0 Å². The second-order valence-corrected chi connectivity index (χ2v) is 7.62. The lowest BCUT2D eigenvalue weighted by molar-refractivity contribution is 0.0625. The zero-order chi connectivity index (χ0) is 22.0. The second kappa shape index (κ2) is 9.25. The molecule has 3 atom stereocenters. The molecule has 31 heavy (non-hydrogen) atoms. The molecule has 2 aromatic carbocycles. The van der Waals surface area contributed by atoms with E-state index in [-0.39, 0.29) is 13.2 Å². The molecule has 0 radical (unpaired) electrons. The first kappa shape index (κ1) is 21.6. The smallest absolute Gasteiger partial charge is 0.277 e. The summed E-state index contributed by atoms with van der Waals surface area (Å²) in [6.07, 6.45) is -1.64. The molecule has 1 fully saturated rings. The first-order chi connectivity index (χ1) is 15.0. The Hall–Kier alpha value is -2.62. The Morgan fingerprint density at radius 2 is 2.06 bits per heavy atom. The highest BCUT2D eigenvalue weighted by atomic mass is 35.5. The van der Waals surface area contributed by atoms with Crippen molar-refractivity contribution in [2.75, 3.05) is 20.3 Å². The van der Waals surface area contributed by atoms with Gasteiger partial charge in [-0.3, -0.25) is 10.1 Å². The summed E-state index contributed by atoms with van der Waals surface area (Å²) in [6.45, 7) is 0.439. The van der Waals surface area contributed by atoms with E-state index in [4.69, 9.17) is 21.1 Å². The van der Waals surface area contributed by atoms with E-state index >= 15 is 0 Å². The van der Waals surface area contributed by atoms with E-state index in [0.717, 1.165) is 5.56 Å². The summed E-state index contributed by atoms with van der Waals surface area (Å²) in [7, 11) is 1.50. The fraction of sp³-hybridized carbons (Fsp3) is 0.273. The first-order valence-electron chi connectivity index (χ1n) is 9.68. The Bertz CT molecular complexity index is 1120. The number of nitrogens with zero attached hydrogens (tertiary/aromatic N) is 2. The zero-order valence-corrected chi connectivity index (χ0v) is 17.4. The van der Waals surface area contributed by atoms with Crippen LogP contribution in [0.2, 0.25) is 5.02 Å². The van der Waals surface area contributed by atoms with Crippen molar-refractivity contribution in [3.63, 3.8) is 0 Å². The Kier molecular flexibility index (Phi) is 6.45. The van der Waals surface area contributed by atoms with E-state index in [1.54, 1.807) is 36.4 Å². The third-order valence-corrected chi connectivity index (χ3v) is 5.10. The standard InChI is InChI=1S/C22H21ClFN3O4/c1-30-12-17(28)11-25-21-20(31-21)18-10-19(13-5-7-14(23)8-6-13)26-27(22(18)29)16-4-2-3-15(24)9-16/h2-10,17,20-21,25,28H,11-12H2,1H3. The highest BCUT2D eigenvalue weighted by Gasteiger charge is 2.42. The van der Waals surface area contributed by atoms with E-state index in [0.29, 0.717) is 22.0 Å². The molecule has 4 rings (SSSR count). The Balaban J connectivity index is 1.69. The third kappa shape index (κ3) is 5.00. The Labute approximate surface area is 183 Å². The Morgan fingerprint density at radius 1 is 1.29 bits per heavy atom. The monoisotopic (exact) mass is 445 g/mol. The number of halogens is 2. The van der Waals surface area contributed by atoms with Crippen molar-refractivity contribution < 1.29 is 19.0 Å². The molecule has 3 aromatic rings. The summed E-state index contributed by atoms with van der Waals surface area (Å²) in [5.41, 5.74) is 1.54. The molecular weight excluding hydrogens is 425 g/mol. The highest BCUT2D eigenvalue weighted by molar-refractivity contribution is 6.30. The number of aliphatic hydroxyl groups is 1. The SMILES string of the molecule is COCC(O)CNC1OC1c1cc(-c2ccc(Cl)cc2)nn(-c2cccc(F)c2)c1=O. The minimum atomic E-state index is -0.694. The quantitative estimate of drug-likeness (QED) is 0.518. The number of aliphatic hydroxyl groups excluding tert-OH is 1. The van der Waals surface area contributed by atoms with Crippen LogP contribution >= 0.6 is 11.6 Å². The summed E-state index contributed by atoms with van der Waals surface area (Å²) < 4.78 is 25.5. The van der Waals surface area contributed by atoms with E-state index in [1.165, 1.54) is 30.0 Å². The van der Waals surface area contributed by atoms with Crippen molar-refractivity contribution in [2.45, 2.75) is 18.4 Å². The summed E-state index contributed by atoms with van der Waals surface area (Å²) in [5, 5.41) is 17.9. The number of rotatable bonds is 8. The number of hydrogen-bond donors (Lipinski definition) is 2. The van der Waals surface area contributed by atoms with Gasteiger partial charge in [0.1, 0.15) is 18.1 Å². The lowest BCUT2D eigenvalue weighted by Gasteiger charge is -2.11. The van der Waals surface area contributed by atoms with Crippen LogP contribution in [0.15, 0.2) is 59.4 Å². The van der Waals surface area contributed by atoms with Crippen molar-refractivity contribution in [1.29, 1.82) is 0 Å². The number of nitrogens with one attached hydrogen (secondary N) is 1. The van der Waals surface area contributed by atoms with Crippen LogP contribution in [0.5, 0.6) is 0 Å². The number of epoxide rings is 1.